The molecule has 0 heterocycles. The third-order valence-corrected chi connectivity index (χ3v) is 12.9. The van der Waals surface area contributed by atoms with Crippen LogP contribution in [0.1, 0.15) is 137 Å². The lowest BCUT2D eigenvalue weighted by Gasteiger charge is -2.37. The summed E-state index contributed by atoms with van der Waals surface area (Å²) in [6.45, 7) is 14.4. The van der Waals surface area contributed by atoms with Crippen molar-refractivity contribution in [3.05, 3.63) is 0 Å². The zero-order chi connectivity index (χ0) is 21.3. The van der Waals surface area contributed by atoms with E-state index in [0.717, 1.165) is 12.8 Å². The van der Waals surface area contributed by atoms with Crippen molar-refractivity contribution in [2.45, 2.75) is 167 Å². The normalized spacial score (nSPS) is 13.8. The predicted molar refractivity (Wildman–Crippen MR) is 132 cm³/mol. The molecule has 0 aromatic rings. The molecule has 1 nitrogen and oxygen atoms in total. The minimum absolute atomic E-state index is 0.0592. The quantitative estimate of drug-likeness (QED) is 0.165. The van der Waals surface area contributed by atoms with Crippen molar-refractivity contribution in [2.75, 3.05) is 0 Å². The van der Waals surface area contributed by atoms with E-state index in [-0.39, 0.29) is 6.10 Å². The molecule has 0 aliphatic heterocycles. The lowest BCUT2D eigenvalue weighted by Crippen LogP contribution is -2.37. The zero-order valence-electron chi connectivity index (χ0n) is 20.8. The average Bonchev–Trinajstić information content (AvgIpc) is 2.62. The van der Waals surface area contributed by atoms with Gasteiger partial charge in [0, 0.05) is 0 Å². The Bertz CT molecular complexity index is 332. The third kappa shape index (κ3) is 16.0. The first-order valence-corrected chi connectivity index (χ1v) is 16.1. The lowest BCUT2D eigenvalue weighted by atomic mass is 10.0. The fourth-order valence-corrected chi connectivity index (χ4v) is 5.60. The van der Waals surface area contributed by atoms with Crippen molar-refractivity contribution in [3.63, 3.8) is 0 Å². The van der Waals surface area contributed by atoms with Crippen molar-refractivity contribution in [2.24, 2.45) is 0 Å². The van der Waals surface area contributed by atoms with E-state index in [2.05, 4.69) is 40.8 Å². The topological polar surface area (TPSA) is 20.2 Å². The molecule has 0 saturated heterocycles. The Morgan fingerprint density at radius 2 is 0.964 bits per heavy atom. The lowest BCUT2D eigenvalue weighted by molar-refractivity contribution is 0.155. The highest BCUT2D eigenvalue weighted by Crippen LogP contribution is 2.39. The molecule has 0 aliphatic carbocycles. The second-order valence-corrected chi connectivity index (χ2v) is 16.8. The standard InChI is InChI=1S/C26H56OSi/c1-7-8-9-10-11-12-13-14-15-16-17-18-19-20-21-22-25(27)23-24-28(5,6)26(2,3)4/h25,27H,7-24H2,1-6H3/t25-/m0/s1. The van der Waals surface area contributed by atoms with Gasteiger partial charge >= 0.3 is 0 Å². The molecule has 0 rings (SSSR count). The van der Waals surface area contributed by atoms with Crippen LogP contribution in [0.15, 0.2) is 0 Å². The van der Waals surface area contributed by atoms with Crippen LogP contribution in [-0.4, -0.2) is 19.3 Å². The maximum absolute atomic E-state index is 10.3. The van der Waals surface area contributed by atoms with Gasteiger partial charge in [0.1, 0.15) is 0 Å². The Labute approximate surface area is 180 Å². The van der Waals surface area contributed by atoms with Crippen molar-refractivity contribution in [1.82, 2.24) is 0 Å². The van der Waals surface area contributed by atoms with Gasteiger partial charge in [0.15, 0.2) is 0 Å². The Hall–Kier alpha value is 0.177. The van der Waals surface area contributed by atoms with Gasteiger partial charge in [-0.1, -0.05) is 143 Å². The van der Waals surface area contributed by atoms with Crippen LogP contribution < -0.4 is 0 Å². The van der Waals surface area contributed by atoms with Crippen molar-refractivity contribution in [1.29, 1.82) is 0 Å². The highest BCUT2D eigenvalue weighted by Gasteiger charge is 2.34. The third-order valence-electron chi connectivity index (χ3n) is 7.27. The summed E-state index contributed by atoms with van der Waals surface area (Å²) in [5.41, 5.74) is 0. The van der Waals surface area contributed by atoms with E-state index in [1.54, 1.807) is 0 Å². The molecule has 0 amide bonds. The van der Waals surface area contributed by atoms with E-state index < -0.39 is 8.07 Å². The maximum atomic E-state index is 10.3. The summed E-state index contributed by atoms with van der Waals surface area (Å²) in [6.07, 6.45) is 23.1. The molecule has 1 N–H and O–H groups in total. The number of unbranched alkanes of at least 4 members (excludes halogenated alkanes) is 14. The Morgan fingerprint density at radius 1 is 0.607 bits per heavy atom. The summed E-state index contributed by atoms with van der Waals surface area (Å²) in [5.74, 6) is 0. The smallest absolute Gasteiger partial charge is 0.0537 e. The molecule has 0 unspecified atom stereocenters. The molecule has 0 radical (unpaired) electrons. The molecule has 2 heteroatoms. The molecular weight excluding hydrogens is 356 g/mol. The van der Waals surface area contributed by atoms with Crippen molar-refractivity contribution >= 4 is 8.07 Å². The number of hydrogen-bond acceptors (Lipinski definition) is 1. The van der Waals surface area contributed by atoms with E-state index in [0.29, 0.717) is 5.04 Å². The molecule has 0 aliphatic rings. The first kappa shape index (κ1) is 28.2. The van der Waals surface area contributed by atoms with Crippen LogP contribution in [0.5, 0.6) is 0 Å². The van der Waals surface area contributed by atoms with Gasteiger partial charge in [-0.25, -0.2) is 0 Å². The Balaban J connectivity index is 3.35. The van der Waals surface area contributed by atoms with Crippen LogP contribution in [0, 0.1) is 0 Å². The van der Waals surface area contributed by atoms with Crippen LogP contribution in [-0.2, 0) is 0 Å². The monoisotopic (exact) mass is 412 g/mol. The number of rotatable bonds is 19. The van der Waals surface area contributed by atoms with E-state index in [4.69, 9.17) is 0 Å². The summed E-state index contributed by atoms with van der Waals surface area (Å²) < 4.78 is 0. The molecular formula is C26H56OSi. The van der Waals surface area contributed by atoms with Crippen LogP contribution >= 0.6 is 0 Å². The molecule has 170 valence electrons. The minimum Gasteiger partial charge on any atom is -0.393 e. The van der Waals surface area contributed by atoms with Crippen LogP contribution in [0.2, 0.25) is 24.2 Å². The number of hydrogen-bond donors (Lipinski definition) is 1. The second kappa shape index (κ2) is 16.9. The minimum atomic E-state index is -1.22. The zero-order valence-corrected chi connectivity index (χ0v) is 21.8. The SMILES string of the molecule is CCCCCCCCCCCCCCCCC[C@H](O)CC[Si](C)(C)C(C)(C)C. The highest BCUT2D eigenvalue weighted by atomic mass is 28.3. The number of aliphatic hydroxyl groups excluding tert-OH is 1. The molecule has 28 heavy (non-hydrogen) atoms. The molecule has 0 saturated carbocycles. The second-order valence-electron chi connectivity index (χ2n) is 11.1. The molecule has 0 fully saturated rings. The summed E-state index contributed by atoms with van der Waals surface area (Å²) >= 11 is 0. The van der Waals surface area contributed by atoms with E-state index in [1.807, 2.05) is 0 Å². The van der Waals surface area contributed by atoms with Crippen molar-refractivity contribution in [3.8, 4) is 0 Å². The fourth-order valence-electron chi connectivity index (χ4n) is 3.80. The van der Waals surface area contributed by atoms with E-state index in [9.17, 15) is 5.11 Å². The van der Waals surface area contributed by atoms with Crippen molar-refractivity contribution < 1.29 is 5.11 Å². The van der Waals surface area contributed by atoms with Crippen LogP contribution in [0.4, 0.5) is 0 Å². The first-order valence-electron chi connectivity index (χ1n) is 12.9. The first-order chi connectivity index (χ1) is 13.2. The Morgan fingerprint density at radius 3 is 1.32 bits per heavy atom. The van der Waals surface area contributed by atoms with Gasteiger partial charge in [-0.2, -0.15) is 0 Å². The van der Waals surface area contributed by atoms with Gasteiger partial charge in [0.05, 0.1) is 14.2 Å². The highest BCUT2D eigenvalue weighted by molar-refractivity contribution is 6.80. The number of aliphatic hydroxyl groups is 1. The van der Waals surface area contributed by atoms with Gasteiger partial charge in [-0.3, -0.25) is 0 Å². The molecule has 0 aromatic carbocycles. The van der Waals surface area contributed by atoms with E-state index in [1.165, 1.54) is 102 Å². The largest absolute Gasteiger partial charge is 0.393 e. The van der Waals surface area contributed by atoms with Gasteiger partial charge in [0.25, 0.3) is 0 Å². The average molecular weight is 413 g/mol. The summed E-state index contributed by atoms with van der Waals surface area (Å²) in [5, 5.41) is 10.8. The van der Waals surface area contributed by atoms with Gasteiger partial charge < -0.3 is 5.11 Å². The van der Waals surface area contributed by atoms with Crippen LogP contribution in [0.25, 0.3) is 0 Å². The van der Waals surface area contributed by atoms with Crippen LogP contribution in [0.3, 0.4) is 0 Å². The molecule has 0 aromatic heterocycles. The van der Waals surface area contributed by atoms with Gasteiger partial charge in [-0.05, 0) is 17.9 Å². The van der Waals surface area contributed by atoms with E-state index >= 15 is 0 Å². The summed E-state index contributed by atoms with van der Waals surface area (Å²) in [7, 11) is -1.22. The summed E-state index contributed by atoms with van der Waals surface area (Å²) in [4.78, 5) is 0. The molecule has 1 atom stereocenters. The Kier molecular flexibility index (Phi) is 17.0. The van der Waals surface area contributed by atoms with Gasteiger partial charge in [-0.15, -0.1) is 0 Å². The molecule has 0 bridgehead atoms. The van der Waals surface area contributed by atoms with Gasteiger partial charge in [0.2, 0.25) is 0 Å². The fraction of sp³-hybridized carbons (Fsp3) is 1.00. The molecule has 0 spiro atoms. The predicted octanol–water partition coefficient (Wildman–Crippen LogP) is 9.51. The maximum Gasteiger partial charge on any atom is 0.0537 e. The summed E-state index contributed by atoms with van der Waals surface area (Å²) in [6, 6.07) is 1.26.